The number of esters is 2. The Kier molecular flexibility index (Phi) is 26.0. The van der Waals surface area contributed by atoms with Gasteiger partial charge in [0, 0.05) is 51.5 Å². The lowest BCUT2D eigenvalue weighted by atomic mass is 9.94. The predicted octanol–water partition coefficient (Wildman–Crippen LogP) is 7.80. The van der Waals surface area contributed by atoms with Crippen LogP contribution in [0.25, 0.3) is 0 Å². The molecule has 0 N–H and O–H groups in total. The molecule has 0 saturated carbocycles. The van der Waals surface area contributed by atoms with E-state index in [9.17, 15) is 9.59 Å². The van der Waals surface area contributed by atoms with Crippen molar-refractivity contribution in [3.8, 4) is 28.7 Å². The number of aryl methyl sites for hydroxylation is 1. The normalized spacial score (nSPS) is 10.6. The lowest BCUT2D eigenvalue weighted by Crippen LogP contribution is -2.19. The van der Waals surface area contributed by atoms with Gasteiger partial charge < -0.3 is 47.4 Å². The highest BCUT2D eigenvalue weighted by Gasteiger charge is 2.24. The SMILES string of the molecule is CCC=C(C)C.COCOc1cc(OC)cc(C)c1CCC(=O)OC.COCOc1cc(OC)cc(OCOC)c1CC(CC=C(C)C)C(=O)OC. The summed E-state index contributed by atoms with van der Waals surface area (Å²) < 4.78 is 52.0. The van der Waals surface area contributed by atoms with Gasteiger partial charge in [-0.3, -0.25) is 9.59 Å². The Morgan fingerprint density at radius 3 is 1.48 bits per heavy atom. The van der Waals surface area contributed by atoms with Crippen molar-refractivity contribution < 1.29 is 57.0 Å². The van der Waals surface area contributed by atoms with E-state index in [-0.39, 0.29) is 38.2 Å². The summed E-state index contributed by atoms with van der Waals surface area (Å²) in [5.74, 6) is 2.07. The summed E-state index contributed by atoms with van der Waals surface area (Å²) >= 11 is 0. The van der Waals surface area contributed by atoms with E-state index in [1.165, 1.54) is 40.4 Å². The second-order valence-corrected chi connectivity index (χ2v) is 11.9. The Labute approximate surface area is 311 Å². The first kappa shape index (κ1) is 47.7. The molecule has 1 atom stereocenters. The quantitative estimate of drug-likeness (QED) is 0.0748. The monoisotopic (exact) mass is 734 g/mol. The minimum atomic E-state index is -0.381. The highest BCUT2D eigenvalue weighted by atomic mass is 16.7. The minimum absolute atomic E-state index is 0.0563. The Hall–Kier alpha value is -4.26. The summed E-state index contributed by atoms with van der Waals surface area (Å²) in [6.07, 6.45) is 7.18. The standard InChI is InChI=1S/C20H30O7.C14H20O5.C6H12/c1-14(2)7-8-15(20(21)25-6)9-17-18(26-12-22-3)10-16(24-5)11-19(17)27-13-23-4;1-10-7-11(17-3)8-13(19-9-16-2)12(10)5-6-14(15)18-4;1-4-5-6(2)3/h7,10-11,15H,8-9,12-13H2,1-6H3;7-8H,5-6,9H2,1-4H3;5H,4H2,1-3H3. The van der Waals surface area contributed by atoms with Crippen molar-refractivity contribution in [2.45, 2.75) is 73.6 Å². The van der Waals surface area contributed by atoms with E-state index >= 15 is 0 Å². The molecular formula is C40H62O12. The third-order valence-electron chi connectivity index (χ3n) is 7.23. The van der Waals surface area contributed by atoms with Gasteiger partial charge in [0.1, 0.15) is 28.7 Å². The van der Waals surface area contributed by atoms with E-state index in [4.69, 9.17) is 42.6 Å². The van der Waals surface area contributed by atoms with Crippen molar-refractivity contribution in [3.05, 3.63) is 64.3 Å². The van der Waals surface area contributed by atoms with Gasteiger partial charge in [-0.15, -0.1) is 0 Å². The Morgan fingerprint density at radius 2 is 1.12 bits per heavy atom. The summed E-state index contributed by atoms with van der Waals surface area (Å²) in [7, 11) is 10.6. The second-order valence-electron chi connectivity index (χ2n) is 11.9. The minimum Gasteiger partial charge on any atom is -0.497 e. The predicted molar refractivity (Wildman–Crippen MR) is 202 cm³/mol. The lowest BCUT2D eigenvalue weighted by molar-refractivity contribution is -0.145. The first-order chi connectivity index (χ1) is 24.8. The van der Waals surface area contributed by atoms with Gasteiger partial charge >= 0.3 is 11.9 Å². The van der Waals surface area contributed by atoms with Gasteiger partial charge in [0.15, 0.2) is 20.4 Å². The van der Waals surface area contributed by atoms with Crippen LogP contribution in [0.5, 0.6) is 28.7 Å². The molecule has 2 aromatic rings. The number of ether oxygens (including phenoxy) is 10. The summed E-state index contributed by atoms with van der Waals surface area (Å²) in [6.45, 7) is 12.6. The molecule has 2 rings (SSSR count). The van der Waals surface area contributed by atoms with Gasteiger partial charge in [0.25, 0.3) is 0 Å². The molecule has 0 spiro atoms. The largest absolute Gasteiger partial charge is 0.497 e. The van der Waals surface area contributed by atoms with E-state index in [2.05, 4.69) is 31.6 Å². The molecule has 2 aromatic carbocycles. The van der Waals surface area contributed by atoms with E-state index in [0.717, 1.165) is 22.3 Å². The van der Waals surface area contributed by atoms with E-state index in [1.807, 2.05) is 32.9 Å². The highest BCUT2D eigenvalue weighted by Crippen LogP contribution is 2.37. The molecule has 0 heterocycles. The summed E-state index contributed by atoms with van der Waals surface area (Å²) in [5, 5.41) is 0. The average molecular weight is 735 g/mol. The van der Waals surface area contributed by atoms with E-state index < -0.39 is 0 Å². The summed E-state index contributed by atoms with van der Waals surface area (Å²) in [4.78, 5) is 23.5. The zero-order valence-corrected chi connectivity index (χ0v) is 33.6. The molecule has 0 fully saturated rings. The van der Waals surface area contributed by atoms with Crippen LogP contribution in [-0.2, 0) is 46.1 Å². The fourth-order valence-electron chi connectivity index (χ4n) is 4.65. The Bertz CT molecular complexity index is 1350. The molecule has 0 saturated heterocycles. The molecular weight excluding hydrogens is 672 g/mol. The molecule has 0 aliphatic heterocycles. The Morgan fingerprint density at radius 1 is 0.654 bits per heavy atom. The number of benzene rings is 2. The van der Waals surface area contributed by atoms with Crippen molar-refractivity contribution in [2.24, 2.45) is 5.92 Å². The zero-order chi connectivity index (χ0) is 39.5. The highest BCUT2D eigenvalue weighted by molar-refractivity contribution is 5.73. The molecule has 0 bridgehead atoms. The van der Waals surface area contributed by atoms with Crippen molar-refractivity contribution in [2.75, 3.05) is 70.1 Å². The number of methoxy groups -OCH3 is 7. The number of hydrogen-bond acceptors (Lipinski definition) is 12. The maximum Gasteiger partial charge on any atom is 0.309 e. The van der Waals surface area contributed by atoms with Gasteiger partial charge in [0.05, 0.1) is 34.4 Å². The van der Waals surface area contributed by atoms with Crippen LogP contribution < -0.4 is 23.7 Å². The number of allylic oxidation sites excluding steroid dienone is 4. The van der Waals surface area contributed by atoms with Crippen molar-refractivity contribution in [1.82, 2.24) is 0 Å². The molecule has 0 aromatic heterocycles. The average Bonchev–Trinajstić information content (AvgIpc) is 3.13. The molecule has 0 aliphatic carbocycles. The van der Waals surface area contributed by atoms with Gasteiger partial charge in [-0.05, 0) is 77.5 Å². The van der Waals surface area contributed by atoms with Crippen molar-refractivity contribution in [3.63, 3.8) is 0 Å². The molecule has 0 aliphatic rings. The maximum atomic E-state index is 12.3. The van der Waals surface area contributed by atoms with Crippen LogP contribution in [0.1, 0.15) is 70.6 Å². The smallest absolute Gasteiger partial charge is 0.309 e. The van der Waals surface area contributed by atoms with Crippen LogP contribution in [0.4, 0.5) is 0 Å². The van der Waals surface area contributed by atoms with Gasteiger partial charge in [-0.25, -0.2) is 0 Å². The summed E-state index contributed by atoms with van der Waals surface area (Å²) in [5.41, 5.74) is 5.24. The van der Waals surface area contributed by atoms with Gasteiger partial charge in [-0.2, -0.15) is 0 Å². The van der Waals surface area contributed by atoms with E-state index in [1.54, 1.807) is 39.5 Å². The lowest BCUT2D eigenvalue weighted by Gasteiger charge is -2.20. The summed E-state index contributed by atoms with van der Waals surface area (Å²) in [6, 6.07) is 7.18. The molecule has 0 radical (unpaired) electrons. The molecule has 1 unspecified atom stereocenters. The second kappa shape index (κ2) is 28.3. The van der Waals surface area contributed by atoms with Crippen LogP contribution in [0.15, 0.2) is 47.6 Å². The fraction of sp³-hybridized carbons (Fsp3) is 0.550. The number of hydrogen-bond donors (Lipinski definition) is 0. The van der Waals surface area contributed by atoms with Crippen LogP contribution >= 0.6 is 0 Å². The van der Waals surface area contributed by atoms with Crippen LogP contribution in [-0.4, -0.2) is 82.1 Å². The first-order valence-electron chi connectivity index (χ1n) is 17.0. The molecule has 12 nitrogen and oxygen atoms in total. The molecule has 52 heavy (non-hydrogen) atoms. The Balaban J connectivity index is 0.000000900. The topological polar surface area (TPSA) is 126 Å². The van der Waals surface area contributed by atoms with Crippen LogP contribution in [0, 0.1) is 12.8 Å². The molecule has 12 heteroatoms. The van der Waals surface area contributed by atoms with Crippen LogP contribution in [0.3, 0.4) is 0 Å². The number of rotatable bonds is 20. The van der Waals surface area contributed by atoms with Gasteiger partial charge in [0.2, 0.25) is 0 Å². The van der Waals surface area contributed by atoms with Crippen molar-refractivity contribution >= 4 is 11.9 Å². The van der Waals surface area contributed by atoms with E-state index in [0.29, 0.717) is 54.4 Å². The molecule has 0 amide bonds. The number of carbonyl (C=O) groups is 2. The van der Waals surface area contributed by atoms with Crippen LogP contribution in [0.2, 0.25) is 0 Å². The third kappa shape index (κ3) is 19.4. The maximum absolute atomic E-state index is 12.3. The molecule has 294 valence electrons. The third-order valence-corrected chi connectivity index (χ3v) is 7.23. The van der Waals surface area contributed by atoms with Gasteiger partial charge in [-0.1, -0.05) is 30.2 Å². The number of carbonyl (C=O) groups excluding carboxylic acids is 2. The van der Waals surface area contributed by atoms with Crippen molar-refractivity contribution in [1.29, 1.82) is 0 Å². The fourth-order valence-corrected chi connectivity index (χ4v) is 4.65. The zero-order valence-electron chi connectivity index (χ0n) is 33.6. The first-order valence-corrected chi connectivity index (χ1v) is 17.0.